The number of aromatic hydroxyl groups is 1. The van der Waals surface area contributed by atoms with Gasteiger partial charge < -0.3 is 30.1 Å². The number of nitrogens with zero attached hydrogens (tertiary/aromatic N) is 1. The Morgan fingerprint density at radius 2 is 2.17 bits per heavy atom. The van der Waals surface area contributed by atoms with Gasteiger partial charge in [0.15, 0.2) is 28.9 Å². The maximum Gasteiger partial charge on any atom is 0.196 e. The Labute approximate surface area is 275 Å². The third-order valence-corrected chi connectivity index (χ3v) is 11.0. The molecule has 8 heteroatoms. The fraction of sp³-hybridized carbons (Fsp3) is 0.605. The maximum atomic E-state index is 10.7. The van der Waals surface area contributed by atoms with E-state index in [1.165, 1.54) is 30.9 Å². The van der Waals surface area contributed by atoms with E-state index in [-0.39, 0.29) is 36.0 Å². The minimum atomic E-state index is -0.376. The number of hydrogen-bond donors (Lipinski definition) is 5. The number of aliphatic hydroxyl groups is 4. The molecule has 6 aliphatic rings. The summed E-state index contributed by atoms with van der Waals surface area (Å²) in [6.07, 6.45) is 19.8. The first-order valence-electron chi connectivity index (χ1n) is 17.6. The molecule has 7 rings (SSSR count). The fourth-order valence-electron chi connectivity index (χ4n) is 8.55. The second-order valence-corrected chi connectivity index (χ2v) is 14.1. The van der Waals surface area contributed by atoms with Crippen LogP contribution in [0.1, 0.15) is 70.8 Å². The van der Waals surface area contributed by atoms with Crippen molar-refractivity contribution in [2.24, 2.45) is 28.2 Å². The molecule has 1 aromatic rings. The summed E-state index contributed by atoms with van der Waals surface area (Å²) in [6, 6.07) is 5.46. The zero-order valence-electron chi connectivity index (χ0n) is 27.8. The smallest absolute Gasteiger partial charge is 0.196 e. The molecule has 7 atom stereocenters. The summed E-state index contributed by atoms with van der Waals surface area (Å²) >= 11 is 0. The molecule has 46 heavy (non-hydrogen) atoms. The van der Waals surface area contributed by atoms with Gasteiger partial charge >= 0.3 is 0 Å². The number of phenols is 1. The second kappa shape index (κ2) is 14.6. The van der Waals surface area contributed by atoms with Gasteiger partial charge in [0.1, 0.15) is 24.7 Å². The maximum absolute atomic E-state index is 10.7. The lowest BCUT2D eigenvalue weighted by Crippen LogP contribution is -2.42. The van der Waals surface area contributed by atoms with Crippen LogP contribution in [0, 0.1) is 35.2 Å². The van der Waals surface area contributed by atoms with E-state index >= 15 is 0 Å². The van der Waals surface area contributed by atoms with Gasteiger partial charge in [0.05, 0.1) is 18.1 Å². The number of aliphatic imine (C=N–C) groups is 1. The van der Waals surface area contributed by atoms with Crippen molar-refractivity contribution >= 4 is 5.71 Å². The first-order chi connectivity index (χ1) is 22.3. The largest absolute Gasteiger partial charge is 0.504 e. The van der Waals surface area contributed by atoms with Crippen molar-refractivity contribution in [2.45, 2.75) is 89.9 Å². The van der Waals surface area contributed by atoms with Crippen molar-refractivity contribution in [3.63, 3.8) is 0 Å². The number of unbranched alkanes of at least 4 members (excludes halogenated alkanes) is 1. The quantitative estimate of drug-likeness (QED) is 0.102. The van der Waals surface area contributed by atoms with Gasteiger partial charge in [-0.2, -0.15) is 0 Å². The van der Waals surface area contributed by atoms with Crippen molar-refractivity contribution < 1.29 is 24.8 Å². The summed E-state index contributed by atoms with van der Waals surface area (Å²) in [7, 11) is 1.94. The number of aryl methyl sites for hydroxylation is 1. The summed E-state index contributed by atoms with van der Waals surface area (Å²) in [5.41, 5.74) is 4.44. The van der Waals surface area contributed by atoms with E-state index in [0.29, 0.717) is 36.7 Å². The van der Waals surface area contributed by atoms with Gasteiger partial charge in [0, 0.05) is 37.5 Å². The fourth-order valence-corrected chi connectivity index (χ4v) is 8.55. The number of hydrogen-bond acceptors (Lipinski definition) is 7. The van der Waals surface area contributed by atoms with Crippen LogP contribution < -0.4 is 15.4 Å². The Hall–Kier alpha value is -2.75. The van der Waals surface area contributed by atoms with Crippen molar-refractivity contribution in [1.82, 2.24) is 10.6 Å². The summed E-state index contributed by atoms with van der Waals surface area (Å²) < 4.78 is 11.2. The van der Waals surface area contributed by atoms with Crippen molar-refractivity contribution in [3.05, 3.63) is 71.4 Å². The average molecular weight is 633 g/mol. The highest BCUT2D eigenvalue weighted by Gasteiger charge is 2.60. The topological polar surface area (TPSA) is 119 Å². The molecule has 1 unspecified atom stereocenters. The van der Waals surface area contributed by atoms with Gasteiger partial charge in [0.2, 0.25) is 0 Å². The molecule has 0 saturated heterocycles. The minimum absolute atomic E-state index is 0.0612. The molecule has 0 aromatic heterocycles. The molecule has 0 radical (unpaired) electrons. The summed E-state index contributed by atoms with van der Waals surface area (Å²) in [4.78, 5) is 5.27. The number of rotatable bonds is 16. The van der Waals surface area contributed by atoms with Crippen LogP contribution in [-0.4, -0.2) is 77.4 Å². The number of benzene rings is 1. The summed E-state index contributed by atoms with van der Waals surface area (Å²) in [6.45, 7) is 5.84. The Kier molecular flexibility index (Phi) is 10.5. The highest BCUT2D eigenvalue weighted by molar-refractivity contribution is 6.06. The molecule has 1 aromatic carbocycles. The molecule has 2 aliphatic heterocycles. The Morgan fingerprint density at radius 1 is 1.30 bits per heavy atom. The average Bonchev–Trinajstić information content (AvgIpc) is 3.76. The van der Waals surface area contributed by atoms with Gasteiger partial charge in [-0.1, -0.05) is 38.0 Å². The highest BCUT2D eigenvalue weighted by atomic mass is 16.5. The second-order valence-electron chi connectivity index (χ2n) is 14.1. The van der Waals surface area contributed by atoms with E-state index in [4.69, 9.17) is 14.5 Å². The zero-order valence-corrected chi connectivity index (χ0v) is 27.8. The number of phenolic OH excluding ortho intramolecular Hbond substituents is 1. The first kappa shape index (κ1) is 33.2. The summed E-state index contributed by atoms with van der Waals surface area (Å²) in [5, 5.41) is 37.4. The van der Waals surface area contributed by atoms with E-state index < -0.39 is 0 Å². The molecular weight excluding hydrogens is 578 g/mol. The normalized spacial score (nSPS) is 29.3. The standard InChI is InChI=1S/C38H53N3O5/c1-4-5-8-35-27(22-42)18-29(46-35)11-9-25-10-12-34(44)36(16-25)45-23-33(39-3)32-19-30-31(21-40-20-24(2)43)38-14-6-7-28(38)17-26(13-15-38)37(30)41-32/h10,12-13,15-16,18-19,24,26,28,31,33,35,39-40,42-43,46H,4-9,11,14,17,20-23H2,1-3H3/p+1/t24-,26-,28+,31+,33-,35?,38+/m0/s1. The molecule has 8 nitrogen and oxygen atoms in total. The molecular formula is C38H54N3O5+. The van der Waals surface area contributed by atoms with Crippen LogP contribution in [0.15, 0.2) is 58.8 Å². The van der Waals surface area contributed by atoms with Gasteiger partial charge in [-0.25, -0.2) is 0 Å². The van der Waals surface area contributed by atoms with E-state index in [9.17, 15) is 15.3 Å². The van der Waals surface area contributed by atoms with E-state index in [2.05, 4.69) is 41.9 Å². The Bertz CT molecular complexity index is 1340. The molecule has 1 spiro atoms. The van der Waals surface area contributed by atoms with E-state index in [1.807, 2.05) is 26.1 Å². The number of ether oxygens (including phenoxy) is 2. The number of nitrogens with one attached hydrogen (secondary N) is 2. The lowest BCUT2D eigenvalue weighted by Gasteiger charge is -2.39. The van der Waals surface area contributed by atoms with Crippen LogP contribution in [0.25, 0.3) is 0 Å². The predicted molar refractivity (Wildman–Crippen MR) is 183 cm³/mol. The first-order valence-corrected chi connectivity index (χ1v) is 17.6. The van der Waals surface area contributed by atoms with Crippen LogP contribution in [0.4, 0.5) is 0 Å². The van der Waals surface area contributed by atoms with Crippen LogP contribution in [0.2, 0.25) is 0 Å². The molecule has 250 valence electrons. The van der Waals surface area contributed by atoms with Crippen LogP contribution in [0.3, 0.4) is 0 Å². The third-order valence-electron chi connectivity index (χ3n) is 11.0. The van der Waals surface area contributed by atoms with Gasteiger partial charge in [-0.15, -0.1) is 16.6 Å². The van der Waals surface area contributed by atoms with Gasteiger partial charge in [-0.05, 0) is 76.1 Å². The predicted octanol–water partition coefficient (Wildman–Crippen LogP) is 4.72. The van der Waals surface area contributed by atoms with Gasteiger partial charge in [-0.3, -0.25) is 5.32 Å². The zero-order chi connectivity index (χ0) is 32.3. The highest BCUT2D eigenvalue weighted by Crippen LogP contribution is 2.61. The number of allylic oxidation sites excluding steroid dienone is 3. The summed E-state index contributed by atoms with van der Waals surface area (Å²) in [5.74, 6) is 3.31. The molecule has 6 N–H and O–H groups in total. The SMILES string of the molecule is CCCCC1[OH+][C-](CCc2ccc(O)c(OC[C@H](NC)C3=C[C+]4C(=N3)[C@H]3C=C[C@@]5(CCC[C@@H]5C3)[C@@H]4CNC[C@H](C)O)c2)C=C1CO. The Morgan fingerprint density at radius 3 is 2.96 bits per heavy atom. The van der Waals surface area contributed by atoms with Crippen LogP contribution in [0.5, 0.6) is 11.5 Å². The van der Waals surface area contributed by atoms with Crippen molar-refractivity contribution in [2.75, 3.05) is 33.4 Å². The molecule has 2 bridgehead atoms. The molecule has 2 heterocycles. The van der Waals surface area contributed by atoms with E-state index in [1.54, 1.807) is 6.07 Å². The lowest BCUT2D eigenvalue weighted by molar-refractivity contribution is -0.0550. The number of likely N-dealkylation sites (N-methyl/N-ethyl adjacent to an activating group) is 1. The monoisotopic (exact) mass is 632 g/mol. The van der Waals surface area contributed by atoms with Crippen LogP contribution >= 0.6 is 0 Å². The lowest BCUT2D eigenvalue weighted by atomic mass is 9.63. The minimum Gasteiger partial charge on any atom is -0.504 e. The molecule has 0 amide bonds. The van der Waals surface area contributed by atoms with E-state index in [0.717, 1.165) is 68.0 Å². The van der Waals surface area contributed by atoms with Crippen molar-refractivity contribution in [1.29, 1.82) is 0 Å². The van der Waals surface area contributed by atoms with Crippen molar-refractivity contribution in [3.8, 4) is 11.5 Å². The van der Waals surface area contributed by atoms with Gasteiger partial charge in [0.25, 0.3) is 0 Å². The number of aliphatic hydroxyl groups excluding tert-OH is 2. The molecule has 4 aliphatic carbocycles. The molecule has 2 fully saturated rings. The third kappa shape index (κ3) is 6.78. The Balaban J connectivity index is 1.12. The van der Waals surface area contributed by atoms with Crippen LogP contribution in [-0.2, 0) is 6.42 Å². The molecule has 2 saturated carbocycles.